The summed E-state index contributed by atoms with van der Waals surface area (Å²) in [7, 11) is 0. The highest BCUT2D eigenvalue weighted by molar-refractivity contribution is 5.84. The molecule has 3 atom stereocenters. The first-order valence-electron chi connectivity index (χ1n) is 5.05. The Hall–Kier alpha value is -0.860. The molecule has 0 aliphatic carbocycles. The Morgan fingerprint density at radius 3 is 1.82 bits per heavy atom. The van der Waals surface area contributed by atoms with E-state index in [0.29, 0.717) is 0 Å². The average Bonchev–Trinajstić information content (AvgIpc) is 2.35. The second-order valence-corrected chi connectivity index (χ2v) is 3.69. The van der Waals surface area contributed by atoms with Crippen LogP contribution < -0.4 is 0 Å². The molecule has 0 saturated carbocycles. The molecule has 0 aliphatic rings. The molecule has 0 heterocycles. The van der Waals surface area contributed by atoms with Crippen LogP contribution in [0.5, 0.6) is 0 Å². The van der Waals surface area contributed by atoms with Gasteiger partial charge in [0.05, 0.1) is 6.61 Å². The number of ketones is 1. The molecule has 0 amide bonds. The van der Waals surface area contributed by atoms with Crippen LogP contribution in [0.15, 0.2) is 0 Å². The van der Waals surface area contributed by atoms with E-state index in [1.54, 1.807) is 0 Å². The second kappa shape index (κ2) is 10.3. The topological polar surface area (TPSA) is 135 Å². The van der Waals surface area contributed by atoms with Crippen LogP contribution in [0.2, 0.25) is 0 Å². The quantitative estimate of drug-likeness (QED) is 0.329. The minimum Gasteiger partial charge on any atom is -0.394 e. The molecule has 0 unspecified atom stereocenters. The van der Waals surface area contributed by atoms with E-state index >= 15 is 0 Å². The van der Waals surface area contributed by atoms with Gasteiger partial charge in [0.1, 0.15) is 31.2 Å². The first-order chi connectivity index (χ1) is 7.81. The Bertz CT molecular complexity index is 217. The number of carbonyl (C=O) groups excluding carboxylic acids is 2. The number of hydrogen-bond donors (Lipinski definition) is 5. The van der Waals surface area contributed by atoms with Crippen molar-refractivity contribution in [2.45, 2.75) is 32.2 Å². The molecular weight excluding hydrogens is 232 g/mol. The molecule has 0 aromatic carbocycles. The third-order valence-electron chi connectivity index (χ3n) is 1.66. The van der Waals surface area contributed by atoms with E-state index in [-0.39, 0.29) is 5.92 Å². The van der Waals surface area contributed by atoms with Gasteiger partial charge in [-0.05, 0) is 0 Å². The largest absolute Gasteiger partial charge is 0.394 e. The number of aldehydes is 1. The predicted molar refractivity (Wildman–Crippen MR) is 58.1 cm³/mol. The molecule has 0 rings (SSSR count). The highest BCUT2D eigenvalue weighted by Gasteiger charge is 2.28. The van der Waals surface area contributed by atoms with E-state index in [0.717, 1.165) is 6.29 Å². The molecule has 0 bridgehead atoms. The third-order valence-corrected chi connectivity index (χ3v) is 1.66. The smallest absolute Gasteiger partial charge is 0.189 e. The van der Waals surface area contributed by atoms with Crippen LogP contribution in [0.4, 0.5) is 0 Å². The van der Waals surface area contributed by atoms with Gasteiger partial charge in [-0.25, -0.2) is 0 Å². The Labute approximate surface area is 99.3 Å². The van der Waals surface area contributed by atoms with Crippen molar-refractivity contribution in [3.05, 3.63) is 0 Å². The molecular formula is C10H20O7. The van der Waals surface area contributed by atoms with E-state index < -0.39 is 37.3 Å². The average molecular weight is 252 g/mol. The lowest BCUT2D eigenvalue weighted by atomic mass is 10.1. The molecule has 17 heavy (non-hydrogen) atoms. The molecule has 7 nitrogen and oxygen atoms in total. The minimum absolute atomic E-state index is 0.204. The summed E-state index contributed by atoms with van der Waals surface area (Å²) in [6, 6.07) is 0. The molecule has 0 aliphatic heterocycles. The Morgan fingerprint density at radius 1 is 1.18 bits per heavy atom. The summed E-state index contributed by atoms with van der Waals surface area (Å²) in [5.41, 5.74) is 0. The van der Waals surface area contributed by atoms with E-state index in [1.807, 2.05) is 13.8 Å². The number of hydrogen-bond acceptors (Lipinski definition) is 7. The summed E-state index contributed by atoms with van der Waals surface area (Å²) >= 11 is 0. The molecule has 0 aromatic heterocycles. The zero-order valence-corrected chi connectivity index (χ0v) is 9.85. The SMILES string of the molecule is CC(C)C=O.O=C(CO)[C@H](O)[C@@H](O)[C@H](O)CO. The Morgan fingerprint density at radius 2 is 1.59 bits per heavy atom. The van der Waals surface area contributed by atoms with E-state index in [9.17, 15) is 9.59 Å². The van der Waals surface area contributed by atoms with E-state index in [1.165, 1.54) is 0 Å². The maximum Gasteiger partial charge on any atom is 0.189 e. The van der Waals surface area contributed by atoms with Gasteiger partial charge in [0.15, 0.2) is 5.78 Å². The lowest BCUT2D eigenvalue weighted by molar-refractivity contribution is -0.142. The number of aliphatic hydroxyl groups excluding tert-OH is 5. The minimum atomic E-state index is -1.86. The lowest BCUT2D eigenvalue weighted by Gasteiger charge is -2.19. The van der Waals surface area contributed by atoms with Crippen molar-refractivity contribution in [3.8, 4) is 0 Å². The van der Waals surface area contributed by atoms with Crippen molar-refractivity contribution >= 4 is 12.1 Å². The summed E-state index contributed by atoms with van der Waals surface area (Å²) in [4.78, 5) is 20.0. The van der Waals surface area contributed by atoms with Gasteiger partial charge in [-0.3, -0.25) is 4.79 Å². The van der Waals surface area contributed by atoms with Gasteiger partial charge in [0.25, 0.3) is 0 Å². The van der Waals surface area contributed by atoms with Crippen molar-refractivity contribution < 1.29 is 35.1 Å². The van der Waals surface area contributed by atoms with Gasteiger partial charge in [0, 0.05) is 5.92 Å². The highest BCUT2D eigenvalue weighted by atomic mass is 16.4. The standard InChI is InChI=1S/C6H12O6.C4H8O/c7-1-3(9)5(11)6(12)4(10)2-8;1-4(2)3-5/h3,5-9,11-12H,1-2H2;3-4H,1-2H3/t3-,5+,6+;/m1./s1. The van der Waals surface area contributed by atoms with Crippen molar-refractivity contribution in [2.24, 2.45) is 5.92 Å². The van der Waals surface area contributed by atoms with Crippen LogP contribution in [-0.2, 0) is 9.59 Å². The van der Waals surface area contributed by atoms with Crippen LogP contribution in [0.25, 0.3) is 0 Å². The molecule has 0 spiro atoms. The molecule has 102 valence electrons. The fourth-order valence-electron chi connectivity index (χ4n) is 0.602. The van der Waals surface area contributed by atoms with Gasteiger partial charge in [-0.2, -0.15) is 0 Å². The highest BCUT2D eigenvalue weighted by Crippen LogP contribution is 2.00. The fraction of sp³-hybridized carbons (Fsp3) is 0.800. The van der Waals surface area contributed by atoms with Gasteiger partial charge >= 0.3 is 0 Å². The molecule has 7 heteroatoms. The summed E-state index contributed by atoms with van der Waals surface area (Å²) in [6.45, 7) is 2.02. The molecule has 5 N–H and O–H groups in total. The van der Waals surface area contributed by atoms with Crippen LogP contribution in [0.3, 0.4) is 0 Å². The van der Waals surface area contributed by atoms with Crippen LogP contribution in [0.1, 0.15) is 13.8 Å². The maximum atomic E-state index is 10.5. The van der Waals surface area contributed by atoms with E-state index in [4.69, 9.17) is 25.5 Å². The molecule has 0 fully saturated rings. The summed E-state index contributed by atoms with van der Waals surface area (Å²) in [5.74, 6) is -0.801. The normalized spacial score (nSPS) is 15.5. The van der Waals surface area contributed by atoms with Gasteiger partial charge in [-0.1, -0.05) is 13.8 Å². The number of aliphatic hydroxyl groups is 5. The monoisotopic (exact) mass is 252 g/mol. The lowest BCUT2D eigenvalue weighted by Crippen LogP contribution is -2.44. The van der Waals surface area contributed by atoms with Crippen molar-refractivity contribution in [1.29, 1.82) is 0 Å². The number of rotatable bonds is 6. The Balaban J connectivity index is 0. The van der Waals surface area contributed by atoms with Crippen molar-refractivity contribution in [1.82, 2.24) is 0 Å². The molecule has 0 aromatic rings. The predicted octanol–water partition coefficient (Wildman–Crippen LogP) is -2.54. The Kier molecular flexibility index (Phi) is 11.2. The number of carbonyl (C=O) groups is 2. The third kappa shape index (κ3) is 8.90. The second-order valence-electron chi connectivity index (χ2n) is 3.69. The maximum absolute atomic E-state index is 10.5. The van der Waals surface area contributed by atoms with Crippen molar-refractivity contribution in [2.75, 3.05) is 13.2 Å². The van der Waals surface area contributed by atoms with Gasteiger partial charge in [0.2, 0.25) is 0 Å². The van der Waals surface area contributed by atoms with Crippen LogP contribution >= 0.6 is 0 Å². The van der Waals surface area contributed by atoms with Crippen molar-refractivity contribution in [3.63, 3.8) is 0 Å². The first kappa shape index (κ1) is 18.5. The molecule has 0 saturated heterocycles. The molecule has 0 radical (unpaired) electrons. The van der Waals surface area contributed by atoms with E-state index in [2.05, 4.69) is 0 Å². The summed E-state index contributed by atoms with van der Waals surface area (Å²) < 4.78 is 0. The van der Waals surface area contributed by atoms with Gasteiger partial charge in [-0.15, -0.1) is 0 Å². The zero-order valence-electron chi connectivity index (χ0n) is 9.85. The summed E-state index contributed by atoms with van der Waals surface area (Å²) in [5, 5.41) is 43.1. The van der Waals surface area contributed by atoms with Crippen LogP contribution in [0, 0.1) is 5.92 Å². The summed E-state index contributed by atoms with van der Waals surface area (Å²) in [6.07, 6.45) is -4.30. The first-order valence-corrected chi connectivity index (χ1v) is 5.05. The van der Waals surface area contributed by atoms with Crippen LogP contribution in [-0.4, -0.2) is 69.1 Å². The number of Topliss-reactive ketones (excluding diaryl/α,β-unsaturated/α-hetero) is 1. The fourth-order valence-corrected chi connectivity index (χ4v) is 0.602. The zero-order chi connectivity index (χ0) is 14.0. The van der Waals surface area contributed by atoms with Gasteiger partial charge < -0.3 is 30.3 Å².